The average Bonchev–Trinajstić information content (AvgIpc) is 2.42. The van der Waals surface area contributed by atoms with E-state index in [0.29, 0.717) is 5.69 Å². The summed E-state index contributed by atoms with van der Waals surface area (Å²) in [5, 5.41) is 3.98. The predicted molar refractivity (Wildman–Crippen MR) is 80.9 cm³/mol. The second kappa shape index (κ2) is 5.13. The summed E-state index contributed by atoms with van der Waals surface area (Å²) in [4.78, 5) is 4.39. The molecule has 0 aliphatic heterocycles. The van der Waals surface area contributed by atoms with E-state index in [2.05, 4.69) is 10.3 Å². The van der Waals surface area contributed by atoms with Crippen LogP contribution in [0.25, 0.3) is 10.9 Å². The number of benzene rings is 2. The molecule has 3 rings (SSSR count). The molecule has 0 unspecified atom stereocenters. The SMILES string of the molecule is Cc1ccc2c(Nc3cc(F)cc(F)c3)ccnc2c1C. The van der Waals surface area contributed by atoms with E-state index in [1.54, 1.807) is 12.3 Å². The Kier molecular flexibility index (Phi) is 3.29. The molecule has 2 nitrogen and oxygen atoms in total. The molecule has 21 heavy (non-hydrogen) atoms. The van der Waals surface area contributed by atoms with Gasteiger partial charge in [-0.3, -0.25) is 4.98 Å². The smallest absolute Gasteiger partial charge is 0.128 e. The molecule has 106 valence electrons. The first kappa shape index (κ1) is 13.5. The molecular formula is C17H14F2N2. The Hall–Kier alpha value is -2.49. The van der Waals surface area contributed by atoms with E-state index in [9.17, 15) is 8.78 Å². The molecule has 4 heteroatoms. The van der Waals surface area contributed by atoms with Crippen LogP contribution in [0.3, 0.4) is 0 Å². The molecule has 0 aliphatic rings. The van der Waals surface area contributed by atoms with Crippen molar-refractivity contribution in [3.63, 3.8) is 0 Å². The minimum atomic E-state index is -0.608. The molecule has 0 saturated carbocycles. The minimum absolute atomic E-state index is 0.373. The maximum absolute atomic E-state index is 13.3. The van der Waals surface area contributed by atoms with Crippen LogP contribution in [0, 0.1) is 25.5 Å². The van der Waals surface area contributed by atoms with Crippen molar-refractivity contribution in [2.45, 2.75) is 13.8 Å². The summed E-state index contributed by atoms with van der Waals surface area (Å²) in [6.07, 6.45) is 1.69. The molecule has 0 spiro atoms. The highest BCUT2D eigenvalue weighted by Gasteiger charge is 2.07. The van der Waals surface area contributed by atoms with E-state index in [4.69, 9.17) is 0 Å². The molecule has 0 fully saturated rings. The topological polar surface area (TPSA) is 24.9 Å². The lowest BCUT2D eigenvalue weighted by Crippen LogP contribution is -1.96. The number of fused-ring (bicyclic) bond motifs is 1. The molecule has 3 aromatic rings. The summed E-state index contributed by atoms with van der Waals surface area (Å²) in [5.74, 6) is -1.22. The Bertz CT molecular complexity index is 808. The van der Waals surface area contributed by atoms with Gasteiger partial charge >= 0.3 is 0 Å². The first-order chi connectivity index (χ1) is 10.0. The third-order valence-electron chi connectivity index (χ3n) is 3.58. The number of pyridine rings is 1. The summed E-state index contributed by atoms with van der Waals surface area (Å²) in [7, 11) is 0. The summed E-state index contributed by atoms with van der Waals surface area (Å²) >= 11 is 0. The highest BCUT2D eigenvalue weighted by molar-refractivity contribution is 5.95. The maximum atomic E-state index is 13.3. The van der Waals surface area contributed by atoms with Crippen molar-refractivity contribution in [3.8, 4) is 0 Å². The highest BCUT2D eigenvalue weighted by atomic mass is 19.1. The minimum Gasteiger partial charge on any atom is -0.355 e. The number of nitrogens with one attached hydrogen (secondary N) is 1. The van der Waals surface area contributed by atoms with Gasteiger partial charge in [0, 0.05) is 29.0 Å². The van der Waals surface area contributed by atoms with E-state index in [0.717, 1.165) is 33.8 Å². The lowest BCUT2D eigenvalue weighted by atomic mass is 10.0. The third-order valence-corrected chi connectivity index (χ3v) is 3.58. The van der Waals surface area contributed by atoms with Crippen LogP contribution in [0.4, 0.5) is 20.2 Å². The first-order valence-corrected chi connectivity index (χ1v) is 6.62. The molecule has 1 N–H and O–H groups in total. The first-order valence-electron chi connectivity index (χ1n) is 6.62. The molecule has 1 heterocycles. The van der Waals surface area contributed by atoms with Gasteiger partial charge < -0.3 is 5.32 Å². The van der Waals surface area contributed by atoms with Gasteiger partial charge in [-0.25, -0.2) is 8.78 Å². The van der Waals surface area contributed by atoms with Gasteiger partial charge in [-0.15, -0.1) is 0 Å². The van der Waals surface area contributed by atoms with Gasteiger partial charge in [-0.2, -0.15) is 0 Å². The Morgan fingerprint density at radius 1 is 0.952 bits per heavy atom. The predicted octanol–water partition coefficient (Wildman–Crippen LogP) is 4.87. The van der Waals surface area contributed by atoms with Gasteiger partial charge in [0.05, 0.1) is 5.52 Å². The average molecular weight is 284 g/mol. The van der Waals surface area contributed by atoms with Crippen molar-refractivity contribution in [2.75, 3.05) is 5.32 Å². The normalized spacial score (nSPS) is 10.9. The van der Waals surface area contributed by atoms with Crippen LogP contribution in [0.1, 0.15) is 11.1 Å². The highest BCUT2D eigenvalue weighted by Crippen LogP contribution is 2.28. The maximum Gasteiger partial charge on any atom is 0.128 e. The van der Waals surface area contributed by atoms with Crippen molar-refractivity contribution in [1.82, 2.24) is 4.98 Å². The largest absolute Gasteiger partial charge is 0.355 e. The van der Waals surface area contributed by atoms with E-state index in [-0.39, 0.29) is 0 Å². The zero-order chi connectivity index (χ0) is 15.0. The van der Waals surface area contributed by atoms with Crippen molar-refractivity contribution in [3.05, 3.63) is 65.4 Å². The zero-order valence-electron chi connectivity index (χ0n) is 11.7. The van der Waals surface area contributed by atoms with Gasteiger partial charge in [0.15, 0.2) is 0 Å². The van der Waals surface area contributed by atoms with Crippen molar-refractivity contribution < 1.29 is 8.78 Å². The van der Waals surface area contributed by atoms with Crippen LogP contribution in [0.15, 0.2) is 42.6 Å². The van der Waals surface area contributed by atoms with Gasteiger partial charge in [0.25, 0.3) is 0 Å². The molecule has 0 amide bonds. The monoisotopic (exact) mass is 284 g/mol. The Morgan fingerprint density at radius 3 is 2.38 bits per heavy atom. The fourth-order valence-electron chi connectivity index (χ4n) is 2.35. The number of nitrogens with zero attached hydrogens (tertiary/aromatic N) is 1. The Labute approximate surface area is 121 Å². The van der Waals surface area contributed by atoms with E-state index >= 15 is 0 Å². The quantitative estimate of drug-likeness (QED) is 0.726. The fourth-order valence-corrected chi connectivity index (χ4v) is 2.35. The van der Waals surface area contributed by atoms with Gasteiger partial charge in [-0.1, -0.05) is 12.1 Å². The summed E-state index contributed by atoms with van der Waals surface area (Å²) < 4.78 is 26.5. The molecule has 1 aromatic heterocycles. The fraction of sp³-hybridized carbons (Fsp3) is 0.118. The number of aromatic nitrogens is 1. The van der Waals surface area contributed by atoms with E-state index in [1.165, 1.54) is 12.1 Å². The van der Waals surface area contributed by atoms with Crippen molar-refractivity contribution in [1.29, 1.82) is 0 Å². The molecule has 2 aromatic carbocycles. The summed E-state index contributed by atoms with van der Waals surface area (Å²) in [5.41, 5.74) is 4.29. The third kappa shape index (κ3) is 2.57. The summed E-state index contributed by atoms with van der Waals surface area (Å²) in [6.45, 7) is 4.04. The van der Waals surface area contributed by atoms with Crippen LogP contribution in [0.5, 0.6) is 0 Å². The van der Waals surface area contributed by atoms with Gasteiger partial charge in [-0.05, 0) is 43.2 Å². The second-order valence-electron chi connectivity index (χ2n) is 5.05. The second-order valence-corrected chi connectivity index (χ2v) is 5.05. The van der Waals surface area contributed by atoms with Crippen LogP contribution in [0.2, 0.25) is 0 Å². The summed E-state index contributed by atoms with van der Waals surface area (Å²) in [6, 6.07) is 9.13. The Morgan fingerprint density at radius 2 is 1.67 bits per heavy atom. The van der Waals surface area contributed by atoms with E-state index < -0.39 is 11.6 Å². The number of hydrogen-bond donors (Lipinski definition) is 1. The molecule has 0 radical (unpaired) electrons. The number of halogens is 2. The number of rotatable bonds is 2. The van der Waals surface area contributed by atoms with Crippen molar-refractivity contribution >= 4 is 22.3 Å². The molecule has 0 aliphatic carbocycles. The van der Waals surface area contributed by atoms with Crippen LogP contribution < -0.4 is 5.32 Å². The standard InChI is InChI=1S/C17H14F2N2/c1-10-3-4-15-16(5-6-20-17(15)11(10)2)21-14-8-12(18)7-13(19)9-14/h3-9H,1-2H3,(H,20,21). The lowest BCUT2D eigenvalue weighted by molar-refractivity contribution is 0.584. The van der Waals surface area contributed by atoms with Crippen LogP contribution in [-0.4, -0.2) is 4.98 Å². The number of aryl methyl sites for hydroxylation is 2. The molecule has 0 bridgehead atoms. The molecular weight excluding hydrogens is 270 g/mol. The van der Waals surface area contributed by atoms with Gasteiger partial charge in [0.2, 0.25) is 0 Å². The zero-order valence-corrected chi connectivity index (χ0v) is 11.7. The van der Waals surface area contributed by atoms with Crippen LogP contribution >= 0.6 is 0 Å². The molecule has 0 saturated heterocycles. The van der Waals surface area contributed by atoms with Crippen molar-refractivity contribution in [2.24, 2.45) is 0 Å². The number of anilines is 2. The number of hydrogen-bond acceptors (Lipinski definition) is 2. The lowest BCUT2D eigenvalue weighted by Gasteiger charge is -2.12. The van der Waals surface area contributed by atoms with E-state index in [1.807, 2.05) is 26.0 Å². The molecule has 0 atom stereocenters. The van der Waals surface area contributed by atoms with Gasteiger partial charge in [0.1, 0.15) is 11.6 Å². The Balaban J connectivity index is 2.11. The van der Waals surface area contributed by atoms with Crippen LogP contribution in [-0.2, 0) is 0 Å².